The van der Waals surface area contributed by atoms with E-state index in [0.29, 0.717) is 12.6 Å². The number of hydrogen-bond acceptors (Lipinski definition) is 5. The predicted molar refractivity (Wildman–Crippen MR) is 120 cm³/mol. The van der Waals surface area contributed by atoms with E-state index in [-0.39, 0.29) is 5.75 Å². The monoisotopic (exact) mass is 416 g/mol. The number of thiophene rings is 1. The number of piperidine rings is 1. The Morgan fingerprint density at radius 3 is 2.76 bits per heavy atom. The summed E-state index contributed by atoms with van der Waals surface area (Å²) in [6.07, 6.45) is 2.51. The van der Waals surface area contributed by atoms with Crippen LogP contribution in [0.4, 0.5) is 0 Å². The lowest BCUT2D eigenvalue weighted by Gasteiger charge is -2.36. The van der Waals surface area contributed by atoms with Crippen molar-refractivity contribution in [3.05, 3.63) is 46.2 Å². The summed E-state index contributed by atoms with van der Waals surface area (Å²) in [7, 11) is 3.39. The molecule has 0 radical (unpaired) electrons. The number of likely N-dealkylation sites (tertiary alicyclic amines) is 1. The molecule has 1 aliphatic heterocycles. The van der Waals surface area contributed by atoms with Gasteiger partial charge in [-0.1, -0.05) is 13.0 Å². The summed E-state index contributed by atoms with van der Waals surface area (Å²) >= 11 is 1.81. The van der Waals surface area contributed by atoms with Crippen LogP contribution in [0.5, 0.6) is 11.5 Å². The zero-order valence-electron chi connectivity index (χ0n) is 17.5. The molecule has 1 aromatic carbocycles. The number of phenolic OH excluding ortho intramolecular Hbond substituents is 1. The van der Waals surface area contributed by atoms with Gasteiger partial charge < -0.3 is 20.5 Å². The number of hydrogen-bond donors (Lipinski definition) is 3. The Labute approximate surface area is 177 Å². The zero-order chi connectivity index (χ0) is 20.6. The molecule has 0 aliphatic carbocycles. The summed E-state index contributed by atoms with van der Waals surface area (Å²) in [5, 5.41) is 19.0. The highest BCUT2D eigenvalue weighted by atomic mass is 32.1. The molecule has 2 heterocycles. The fraction of sp³-hybridized carbons (Fsp3) is 0.500. The Balaban J connectivity index is 1.60. The molecular weight excluding hydrogens is 384 g/mol. The Morgan fingerprint density at radius 1 is 1.31 bits per heavy atom. The Kier molecular flexibility index (Phi) is 7.77. The van der Waals surface area contributed by atoms with E-state index in [1.165, 1.54) is 17.7 Å². The second-order valence-electron chi connectivity index (χ2n) is 7.55. The third-order valence-electron chi connectivity index (χ3n) is 5.55. The summed E-state index contributed by atoms with van der Waals surface area (Å²) < 4.78 is 5.25. The van der Waals surface area contributed by atoms with Crippen LogP contribution in [-0.4, -0.2) is 49.8 Å². The van der Waals surface area contributed by atoms with Crippen LogP contribution >= 0.6 is 11.3 Å². The van der Waals surface area contributed by atoms with Gasteiger partial charge in [-0.05, 0) is 61.5 Å². The normalized spacial score (nSPS) is 17.1. The van der Waals surface area contributed by atoms with Gasteiger partial charge in [-0.25, -0.2) is 0 Å². The quantitative estimate of drug-likeness (QED) is 0.475. The van der Waals surface area contributed by atoms with Crippen LogP contribution < -0.4 is 15.4 Å². The van der Waals surface area contributed by atoms with Crippen molar-refractivity contribution in [1.82, 2.24) is 15.5 Å². The molecule has 7 heteroatoms. The minimum Gasteiger partial charge on any atom is -0.508 e. The molecule has 0 spiro atoms. The first-order chi connectivity index (χ1) is 14.1. The SMILES string of the molecule is CN=C(NCc1cc(OC)ccc1O)NCC(c1cccs1)N1CCC(C)CC1. The van der Waals surface area contributed by atoms with Crippen LogP contribution in [0.15, 0.2) is 40.7 Å². The maximum absolute atomic E-state index is 10.1. The largest absolute Gasteiger partial charge is 0.508 e. The van der Waals surface area contributed by atoms with Crippen molar-refractivity contribution in [2.24, 2.45) is 10.9 Å². The number of phenols is 1. The lowest BCUT2D eigenvalue weighted by Crippen LogP contribution is -2.44. The van der Waals surface area contributed by atoms with E-state index in [0.717, 1.165) is 42.8 Å². The van der Waals surface area contributed by atoms with Gasteiger partial charge in [0.25, 0.3) is 0 Å². The molecule has 1 aromatic heterocycles. The lowest BCUT2D eigenvalue weighted by atomic mass is 9.97. The van der Waals surface area contributed by atoms with Crippen LogP contribution in [0.25, 0.3) is 0 Å². The van der Waals surface area contributed by atoms with Gasteiger partial charge in [-0.3, -0.25) is 9.89 Å². The average Bonchev–Trinajstić information content (AvgIpc) is 3.27. The molecule has 29 heavy (non-hydrogen) atoms. The minimum absolute atomic E-state index is 0.243. The highest BCUT2D eigenvalue weighted by molar-refractivity contribution is 7.10. The Bertz CT molecular complexity index is 786. The smallest absolute Gasteiger partial charge is 0.191 e. The van der Waals surface area contributed by atoms with Crippen molar-refractivity contribution in [2.75, 3.05) is 33.8 Å². The maximum Gasteiger partial charge on any atom is 0.191 e. The predicted octanol–water partition coefficient (Wildman–Crippen LogP) is 3.60. The highest BCUT2D eigenvalue weighted by Crippen LogP contribution is 2.29. The van der Waals surface area contributed by atoms with Gasteiger partial charge in [0.15, 0.2) is 5.96 Å². The molecular formula is C22H32N4O2S. The van der Waals surface area contributed by atoms with Gasteiger partial charge in [0.05, 0.1) is 13.2 Å². The second-order valence-corrected chi connectivity index (χ2v) is 8.53. The van der Waals surface area contributed by atoms with Crippen molar-refractivity contribution in [3.8, 4) is 11.5 Å². The number of aromatic hydroxyl groups is 1. The van der Waals surface area contributed by atoms with Crippen LogP contribution in [0.1, 0.15) is 36.2 Å². The van der Waals surface area contributed by atoms with E-state index in [2.05, 4.69) is 45.0 Å². The third-order valence-corrected chi connectivity index (χ3v) is 6.52. The van der Waals surface area contributed by atoms with Crippen LogP contribution in [0.3, 0.4) is 0 Å². The van der Waals surface area contributed by atoms with Crippen molar-refractivity contribution in [3.63, 3.8) is 0 Å². The molecule has 0 amide bonds. The first kappa shape index (κ1) is 21.5. The van der Waals surface area contributed by atoms with E-state index < -0.39 is 0 Å². The Hall–Kier alpha value is -2.25. The summed E-state index contributed by atoms with van der Waals surface area (Å²) in [5.41, 5.74) is 0.770. The van der Waals surface area contributed by atoms with E-state index >= 15 is 0 Å². The maximum atomic E-state index is 10.1. The molecule has 3 N–H and O–H groups in total. The first-order valence-electron chi connectivity index (χ1n) is 10.2. The van der Waals surface area contributed by atoms with E-state index in [9.17, 15) is 5.11 Å². The molecule has 1 saturated heterocycles. The van der Waals surface area contributed by atoms with Gasteiger partial charge in [-0.15, -0.1) is 11.3 Å². The molecule has 6 nitrogen and oxygen atoms in total. The fourth-order valence-electron chi connectivity index (χ4n) is 3.65. The molecule has 0 bridgehead atoms. The van der Waals surface area contributed by atoms with Gasteiger partial charge in [0.2, 0.25) is 0 Å². The standard InChI is InChI=1S/C22H32N4O2S/c1-16-8-10-26(11-9-16)19(21-5-4-12-29-21)15-25-22(23-2)24-14-17-13-18(28-3)6-7-20(17)27/h4-7,12-13,16,19,27H,8-11,14-15H2,1-3H3,(H2,23,24,25). The Morgan fingerprint density at radius 2 is 2.10 bits per heavy atom. The van der Waals surface area contributed by atoms with Gasteiger partial charge in [-0.2, -0.15) is 0 Å². The molecule has 158 valence electrons. The van der Waals surface area contributed by atoms with Crippen molar-refractivity contribution in [1.29, 1.82) is 0 Å². The molecule has 1 fully saturated rings. The fourth-order valence-corrected chi connectivity index (χ4v) is 4.51. The molecule has 2 aromatic rings. The number of methoxy groups -OCH3 is 1. The van der Waals surface area contributed by atoms with E-state index in [1.807, 2.05) is 17.4 Å². The number of benzene rings is 1. The van der Waals surface area contributed by atoms with Gasteiger partial charge in [0, 0.05) is 30.6 Å². The summed E-state index contributed by atoms with van der Waals surface area (Å²) in [4.78, 5) is 8.32. The first-order valence-corrected chi connectivity index (χ1v) is 11.1. The molecule has 0 saturated carbocycles. The molecule has 1 unspecified atom stereocenters. The average molecular weight is 417 g/mol. The summed E-state index contributed by atoms with van der Waals surface area (Å²) in [5.74, 6) is 2.50. The lowest BCUT2D eigenvalue weighted by molar-refractivity contribution is 0.140. The third kappa shape index (κ3) is 5.87. The molecule has 3 rings (SSSR count). The second kappa shape index (κ2) is 10.5. The topological polar surface area (TPSA) is 69.1 Å². The number of guanidine groups is 1. The highest BCUT2D eigenvalue weighted by Gasteiger charge is 2.25. The summed E-state index contributed by atoms with van der Waals surface area (Å²) in [6, 6.07) is 9.91. The number of ether oxygens (including phenoxy) is 1. The molecule has 1 atom stereocenters. The van der Waals surface area contributed by atoms with E-state index in [1.54, 1.807) is 26.3 Å². The van der Waals surface area contributed by atoms with Crippen molar-refractivity contribution in [2.45, 2.75) is 32.4 Å². The number of nitrogens with zero attached hydrogens (tertiary/aromatic N) is 2. The number of rotatable bonds is 7. The zero-order valence-corrected chi connectivity index (χ0v) is 18.3. The van der Waals surface area contributed by atoms with Crippen LogP contribution in [0, 0.1) is 5.92 Å². The number of aliphatic imine (C=N–C) groups is 1. The van der Waals surface area contributed by atoms with E-state index in [4.69, 9.17) is 4.74 Å². The van der Waals surface area contributed by atoms with Crippen LogP contribution in [-0.2, 0) is 6.54 Å². The van der Waals surface area contributed by atoms with Gasteiger partial charge in [0.1, 0.15) is 11.5 Å². The number of nitrogens with one attached hydrogen (secondary N) is 2. The van der Waals surface area contributed by atoms with Crippen molar-refractivity contribution < 1.29 is 9.84 Å². The molecule has 1 aliphatic rings. The van der Waals surface area contributed by atoms with Crippen molar-refractivity contribution >= 4 is 17.3 Å². The van der Waals surface area contributed by atoms with Crippen LogP contribution in [0.2, 0.25) is 0 Å². The minimum atomic E-state index is 0.243. The van der Waals surface area contributed by atoms with Gasteiger partial charge >= 0.3 is 0 Å². The summed E-state index contributed by atoms with van der Waals surface area (Å²) in [6.45, 7) is 5.87.